The number of carbonyl (C=O) groups excluding carboxylic acids is 3. The van der Waals surface area contributed by atoms with Gasteiger partial charge in [0.05, 0.1) is 39.0 Å². The lowest BCUT2D eigenvalue weighted by molar-refractivity contribution is -0.123. The summed E-state index contributed by atoms with van der Waals surface area (Å²) in [6.07, 6.45) is 7.35. The van der Waals surface area contributed by atoms with Gasteiger partial charge < -0.3 is 40.9 Å². The molecular formula is C30H47N5O6S. The van der Waals surface area contributed by atoms with E-state index in [2.05, 4.69) is 21.3 Å². The second-order valence-electron chi connectivity index (χ2n) is 10.5. The number of rotatable bonds is 22. The molecule has 5 N–H and O–H groups in total. The van der Waals surface area contributed by atoms with Crippen molar-refractivity contribution >= 4 is 35.7 Å². The number of benzene rings is 1. The van der Waals surface area contributed by atoms with E-state index in [9.17, 15) is 14.4 Å². The molecule has 1 aromatic carbocycles. The van der Waals surface area contributed by atoms with Crippen molar-refractivity contribution in [2.75, 3.05) is 65.0 Å². The predicted octanol–water partition coefficient (Wildman–Crippen LogP) is 1.88. The van der Waals surface area contributed by atoms with Crippen LogP contribution >= 0.6 is 11.8 Å². The van der Waals surface area contributed by atoms with Crippen LogP contribution in [0.25, 0.3) is 0 Å². The predicted molar refractivity (Wildman–Crippen MR) is 164 cm³/mol. The Morgan fingerprint density at radius 3 is 2.26 bits per heavy atom. The monoisotopic (exact) mass is 605 g/mol. The lowest BCUT2D eigenvalue weighted by atomic mass is 9.99. The highest BCUT2D eigenvalue weighted by molar-refractivity contribution is 8.00. The van der Waals surface area contributed by atoms with Gasteiger partial charge in [0.1, 0.15) is 0 Å². The van der Waals surface area contributed by atoms with Gasteiger partial charge in [-0.2, -0.15) is 11.8 Å². The number of hydrogen-bond acceptors (Lipinski definition) is 9. The molecule has 2 saturated heterocycles. The molecule has 0 aromatic heterocycles. The summed E-state index contributed by atoms with van der Waals surface area (Å²) in [5, 5.41) is 19.9. The fraction of sp³-hybridized carbons (Fsp3) is 0.667. The normalized spacial score (nSPS) is 19.6. The number of thioether (sulfide) groups is 1. The zero-order valence-corrected chi connectivity index (χ0v) is 25.3. The summed E-state index contributed by atoms with van der Waals surface area (Å²) in [5.74, 6) is 1.11. The van der Waals surface area contributed by atoms with Crippen molar-refractivity contribution in [1.29, 1.82) is 5.41 Å². The molecule has 3 amide bonds. The molecule has 2 heterocycles. The second-order valence-corrected chi connectivity index (χ2v) is 11.7. The van der Waals surface area contributed by atoms with E-state index in [0.717, 1.165) is 43.4 Å². The highest BCUT2D eigenvalue weighted by atomic mass is 32.2. The van der Waals surface area contributed by atoms with E-state index in [-0.39, 0.29) is 23.8 Å². The van der Waals surface area contributed by atoms with E-state index in [1.165, 1.54) is 6.21 Å². The summed E-state index contributed by atoms with van der Waals surface area (Å²) in [4.78, 5) is 35.7. The first-order valence-electron chi connectivity index (χ1n) is 15.1. The van der Waals surface area contributed by atoms with E-state index >= 15 is 0 Å². The molecular weight excluding hydrogens is 558 g/mol. The van der Waals surface area contributed by atoms with E-state index in [1.807, 2.05) is 11.8 Å². The topological polar surface area (TPSA) is 151 Å². The molecule has 0 bridgehead atoms. The maximum atomic E-state index is 12.1. The van der Waals surface area contributed by atoms with Crippen LogP contribution in [0.3, 0.4) is 0 Å². The van der Waals surface area contributed by atoms with Crippen molar-refractivity contribution in [2.45, 2.75) is 62.3 Å². The third-order valence-corrected chi connectivity index (χ3v) is 8.70. The van der Waals surface area contributed by atoms with Gasteiger partial charge >= 0.3 is 0 Å². The summed E-state index contributed by atoms with van der Waals surface area (Å²) >= 11 is 1.95. The molecule has 0 spiro atoms. The van der Waals surface area contributed by atoms with E-state index in [1.54, 1.807) is 24.3 Å². The fourth-order valence-corrected chi connectivity index (χ4v) is 6.42. The number of hydrogen-bond donors (Lipinski definition) is 5. The molecule has 3 rings (SSSR count). The highest BCUT2D eigenvalue weighted by Crippen LogP contribution is 2.32. The lowest BCUT2D eigenvalue weighted by Crippen LogP contribution is -2.60. The van der Waals surface area contributed by atoms with E-state index in [4.69, 9.17) is 19.6 Å². The van der Waals surface area contributed by atoms with Gasteiger partial charge in [-0.15, -0.1) is 0 Å². The molecule has 0 aliphatic carbocycles. The molecule has 42 heavy (non-hydrogen) atoms. The van der Waals surface area contributed by atoms with Crippen LogP contribution < -0.4 is 21.3 Å². The summed E-state index contributed by atoms with van der Waals surface area (Å²) in [7, 11) is 0. The van der Waals surface area contributed by atoms with Crippen LogP contribution in [0.15, 0.2) is 24.3 Å². The number of unbranched alkanes of at least 4 members (excludes halogenated alkanes) is 2. The molecule has 11 nitrogen and oxygen atoms in total. The maximum Gasteiger partial charge on any atom is 0.251 e. The van der Waals surface area contributed by atoms with E-state index in [0.29, 0.717) is 89.0 Å². The Morgan fingerprint density at radius 1 is 0.905 bits per heavy atom. The van der Waals surface area contributed by atoms with E-state index < -0.39 is 0 Å². The highest BCUT2D eigenvalue weighted by Gasteiger charge is 2.39. The molecule has 0 saturated carbocycles. The molecule has 2 aliphatic rings. The maximum absolute atomic E-state index is 12.1. The Bertz CT molecular complexity index is 966. The van der Waals surface area contributed by atoms with Crippen LogP contribution in [0.1, 0.15) is 60.9 Å². The van der Waals surface area contributed by atoms with Crippen molar-refractivity contribution < 1.29 is 28.6 Å². The minimum Gasteiger partial charge on any atom is -0.379 e. The number of nitrogens with one attached hydrogen (secondary N) is 5. The third-order valence-electron chi connectivity index (χ3n) is 7.19. The molecule has 2 fully saturated rings. The Kier molecular flexibility index (Phi) is 16.5. The van der Waals surface area contributed by atoms with Crippen LogP contribution in [0.2, 0.25) is 0 Å². The average molecular weight is 606 g/mol. The molecule has 3 atom stereocenters. The SMILES string of the molecule is N=Cc1ccc(C(=O)NCCCOCCOCCOCCCNC(=O)CCCCCC2SCC3NCC(=O)NC32)cc1. The van der Waals surface area contributed by atoms with Gasteiger partial charge in [0.25, 0.3) is 5.91 Å². The lowest BCUT2D eigenvalue weighted by Gasteiger charge is -2.30. The molecule has 3 unspecified atom stereocenters. The van der Waals surface area contributed by atoms with Crippen molar-refractivity contribution in [1.82, 2.24) is 21.3 Å². The number of ether oxygens (including phenoxy) is 3. The molecule has 1 aromatic rings. The standard InChI is InChI=1S/C30H47N5O6S/c31-20-23-8-10-24(11-9-23)30(38)33-13-5-15-40-17-19-41-18-16-39-14-4-12-32-27(36)7-3-1-2-6-26-29-25(22-42-26)34-21-28(37)35-29/h8-11,20,25-26,29,31,34H,1-7,12-19,21-22H2,(H,32,36)(H,33,38)(H,35,37). The Morgan fingerprint density at radius 2 is 1.57 bits per heavy atom. The number of piperazine rings is 1. The van der Waals surface area contributed by atoms with Crippen molar-refractivity contribution in [3.05, 3.63) is 35.4 Å². The Labute approximate surface area is 253 Å². The summed E-state index contributed by atoms with van der Waals surface area (Å²) in [6.45, 7) is 4.65. The molecule has 234 valence electrons. The van der Waals surface area contributed by atoms with Gasteiger partial charge in [-0.1, -0.05) is 25.0 Å². The smallest absolute Gasteiger partial charge is 0.251 e. The molecule has 0 radical (unpaired) electrons. The molecule has 2 aliphatic heterocycles. The number of amides is 3. The largest absolute Gasteiger partial charge is 0.379 e. The third kappa shape index (κ3) is 13.2. The average Bonchev–Trinajstić information content (AvgIpc) is 3.40. The first-order chi connectivity index (χ1) is 20.6. The number of fused-ring (bicyclic) bond motifs is 1. The van der Waals surface area contributed by atoms with Gasteiger partial charge in [-0.05, 0) is 43.4 Å². The van der Waals surface area contributed by atoms with Crippen LogP contribution in [-0.4, -0.2) is 106 Å². The quantitative estimate of drug-likeness (QED) is 0.0993. The van der Waals surface area contributed by atoms with Crippen molar-refractivity contribution in [3.8, 4) is 0 Å². The fourth-order valence-electron chi connectivity index (χ4n) is 4.85. The molecule has 12 heteroatoms. The van der Waals surface area contributed by atoms with Gasteiger partial charge in [0.2, 0.25) is 11.8 Å². The summed E-state index contributed by atoms with van der Waals surface area (Å²) < 4.78 is 16.6. The van der Waals surface area contributed by atoms with Crippen molar-refractivity contribution in [2.24, 2.45) is 0 Å². The van der Waals surface area contributed by atoms with Crippen molar-refractivity contribution in [3.63, 3.8) is 0 Å². The van der Waals surface area contributed by atoms with Gasteiger partial charge in [-0.3, -0.25) is 14.4 Å². The first kappa shape index (κ1) is 34.0. The van der Waals surface area contributed by atoms with Gasteiger partial charge in [0.15, 0.2) is 0 Å². The van der Waals surface area contributed by atoms with Crippen LogP contribution in [0, 0.1) is 5.41 Å². The zero-order valence-electron chi connectivity index (χ0n) is 24.5. The summed E-state index contributed by atoms with van der Waals surface area (Å²) in [5.41, 5.74) is 1.34. The number of carbonyl (C=O) groups is 3. The van der Waals surface area contributed by atoms with Crippen LogP contribution in [-0.2, 0) is 23.8 Å². The van der Waals surface area contributed by atoms with Gasteiger partial charge in [0, 0.05) is 61.5 Å². The van der Waals surface area contributed by atoms with Crippen LogP contribution in [0.5, 0.6) is 0 Å². The first-order valence-corrected chi connectivity index (χ1v) is 16.1. The van der Waals surface area contributed by atoms with Gasteiger partial charge in [-0.25, -0.2) is 0 Å². The summed E-state index contributed by atoms with van der Waals surface area (Å²) in [6, 6.07) is 7.54. The minimum absolute atomic E-state index is 0.0919. The zero-order chi connectivity index (χ0) is 29.8. The minimum atomic E-state index is -0.133. The Balaban J connectivity index is 1.02. The second kappa shape index (κ2) is 20.4. The van der Waals surface area contributed by atoms with Crippen LogP contribution in [0.4, 0.5) is 0 Å². The Hall–Kier alpha value is -2.51.